The molecule has 0 aromatic carbocycles. The average Bonchev–Trinajstić information content (AvgIpc) is 2.27. The molecule has 19 heavy (non-hydrogen) atoms. The van der Waals surface area contributed by atoms with Gasteiger partial charge in [0.05, 0.1) is 18.0 Å². The van der Waals surface area contributed by atoms with Crippen LogP contribution in [0.1, 0.15) is 35.6 Å². The molecule has 104 valence electrons. The summed E-state index contributed by atoms with van der Waals surface area (Å²) in [6.07, 6.45) is 0. The largest absolute Gasteiger partial charge is 0.478 e. The molecule has 1 heterocycles. The first-order valence-electron chi connectivity index (χ1n) is 5.88. The Hall–Kier alpha value is -2.18. The van der Waals surface area contributed by atoms with E-state index in [1.165, 1.54) is 0 Å². The van der Waals surface area contributed by atoms with E-state index in [4.69, 9.17) is 9.84 Å². The van der Waals surface area contributed by atoms with Crippen molar-refractivity contribution in [2.45, 2.75) is 33.7 Å². The molecule has 1 aromatic rings. The van der Waals surface area contributed by atoms with Gasteiger partial charge in [0.2, 0.25) is 5.95 Å². The number of hydrogen-bond donors (Lipinski definition) is 2. The molecule has 0 aliphatic carbocycles. The van der Waals surface area contributed by atoms with Gasteiger partial charge in [-0.3, -0.25) is 0 Å². The number of aromatic carboxylic acids is 1. The van der Waals surface area contributed by atoms with Gasteiger partial charge in [0.15, 0.2) is 0 Å². The van der Waals surface area contributed by atoms with Gasteiger partial charge >= 0.3 is 11.9 Å². The quantitative estimate of drug-likeness (QED) is 0.771. The molecule has 2 N–H and O–H groups in total. The lowest BCUT2D eigenvalue weighted by atomic mass is 10.2. The number of carboxylic acids is 1. The summed E-state index contributed by atoms with van der Waals surface area (Å²) in [5.41, 5.74) is 0.770. The van der Waals surface area contributed by atoms with Crippen molar-refractivity contribution in [2.24, 2.45) is 0 Å². The van der Waals surface area contributed by atoms with Gasteiger partial charge in [-0.15, -0.1) is 0 Å². The lowest BCUT2D eigenvalue weighted by Crippen LogP contribution is -2.29. The molecule has 7 nitrogen and oxygen atoms in total. The highest BCUT2D eigenvalue weighted by atomic mass is 16.5. The number of anilines is 1. The molecule has 0 aliphatic heterocycles. The summed E-state index contributed by atoms with van der Waals surface area (Å²) >= 11 is 0. The Morgan fingerprint density at radius 2 is 1.84 bits per heavy atom. The standard InChI is InChI=1S/C12H17N3O4/c1-5-19-11(18)8(4)15-12-13-6(2)9(10(16)17)7(3)14-12/h8H,5H2,1-4H3,(H,16,17)(H,13,14,15). The zero-order chi connectivity index (χ0) is 14.6. The first-order chi connectivity index (χ1) is 8.86. The highest BCUT2D eigenvalue weighted by molar-refractivity contribution is 5.90. The van der Waals surface area contributed by atoms with Crippen LogP contribution in [-0.4, -0.2) is 39.7 Å². The number of nitrogens with one attached hydrogen (secondary N) is 1. The Kier molecular flexibility index (Phi) is 4.80. The van der Waals surface area contributed by atoms with Crippen molar-refractivity contribution >= 4 is 17.9 Å². The fraction of sp³-hybridized carbons (Fsp3) is 0.500. The molecule has 0 radical (unpaired) electrons. The maximum atomic E-state index is 11.5. The van der Waals surface area contributed by atoms with Crippen molar-refractivity contribution in [1.82, 2.24) is 9.97 Å². The van der Waals surface area contributed by atoms with E-state index in [9.17, 15) is 9.59 Å². The fourth-order valence-electron chi connectivity index (χ4n) is 1.61. The Morgan fingerprint density at radius 1 is 1.32 bits per heavy atom. The molecule has 7 heteroatoms. The van der Waals surface area contributed by atoms with E-state index < -0.39 is 18.0 Å². The van der Waals surface area contributed by atoms with Gasteiger partial charge in [-0.05, 0) is 27.7 Å². The van der Waals surface area contributed by atoms with Gasteiger partial charge in [0.25, 0.3) is 0 Å². The number of esters is 1. The normalized spacial score (nSPS) is 11.8. The number of ether oxygens (including phenoxy) is 1. The van der Waals surface area contributed by atoms with E-state index in [0.717, 1.165) is 0 Å². The Balaban J connectivity index is 2.92. The Bertz CT molecular complexity index is 479. The molecule has 0 bridgehead atoms. The molecule has 1 rings (SSSR count). The van der Waals surface area contributed by atoms with Crippen LogP contribution < -0.4 is 5.32 Å². The number of carbonyl (C=O) groups excluding carboxylic acids is 1. The molecule has 0 saturated heterocycles. The lowest BCUT2D eigenvalue weighted by molar-refractivity contribution is -0.143. The van der Waals surface area contributed by atoms with Crippen LogP contribution >= 0.6 is 0 Å². The van der Waals surface area contributed by atoms with E-state index in [0.29, 0.717) is 18.0 Å². The molecule has 0 amide bonds. The van der Waals surface area contributed by atoms with Crippen molar-refractivity contribution in [3.05, 3.63) is 17.0 Å². The van der Waals surface area contributed by atoms with Crippen LogP contribution in [0.3, 0.4) is 0 Å². The smallest absolute Gasteiger partial charge is 0.339 e. The van der Waals surface area contributed by atoms with Gasteiger partial charge < -0.3 is 15.2 Å². The number of carboxylic acid groups (broad SMARTS) is 1. The first kappa shape index (κ1) is 14.9. The highest BCUT2D eigenvalue weighted by Gasteiger charge is 2.18. The predicted octanol–water partition coefficient (Wildman–Crippen LogP) is 1.16. The van der Waals surface area contributed by atoms with Crippen LogP contribution in [0.25, 0.3) is 0 Å². The number of aromatic nitrogens is 2. The summed E-state index contributed by atoms with van der Waals surface area (Å²) < 4.78 is 4.85. The van der Waals surface area contributed by atoms with E-state index >= 15 is 0 Å². The number of hydrogen-bond acceptors (Lipinski definition) is 6. The highest BCUT2D eigenvalue weighted by Crippen LogP contribution is 2.13. The summed E-state index contributed by atoms with van der Waals surface area (Å²) in [5, 5.41) is 11.8. The van der Waals surface area contributed by atoms with Crippen LogP contribution in [-0.2, 0) is 9.53 Å². The number of rotatable bonds is 5. The average molecular weight is 267 g/mol. The molecule has 1 atom stereocenters. The van der Waals surface area contributed by atoms with E-state index in [2.05, 4.69) is 15.3 Å². The summed E-state index contributed by atoms with van der Waals surface area (Å²) in [4.78, 5) is 30.5. The number of nitrogens with zero attached hydrogens (tertiary/aromatic N) is 2. The molecular weight excluding hydrogens is 250 g/mol. The van der Waals surface area contributed by atoms with E-state index in [1.807, 2.05) is 0 Å². The van der Waals surface area contributed by atoms with E-state index in [1.54, 1.807) is 27.7 Å². The number of carbonyl (C=O) groups is 2. The molecule has 0 fully saturated rings. The van der Waals surface area contributed by atoms with Gasteiger partial charge in [-0.1, -0.05) is 0 Å². The van der Waals surface area contributed by atoms with Crippen LogP contribution in [0.4, 0.5) is 5.95 Å². The van der Waals surface area contributed by atoms with Gasteiger partial charge in [-0.25, -0.2) is 19.6 Å². The lowest BCUT2D eigenvalue weighted by Gasteiger charge is -2.14. The minimum Gasteiger partial charge on any atom is -0.478 e. The van der Waals surface area contributed by atoms with Crippen LogP contribution in [0.2, 0.25) is 0 Å². The van der Waals surface area contributed by atoms with Crippen molar-refractivity contribution < 1.29 is 19.4 Å². The second-order valence-electron chi connectivity index (χ2n) is 4.02. The van der Waals surface area contributed by atoms with Crippen LogP contribution in [0.5, 0.6) is 0 Å². The molecule has 1 unspecified atom stereocenters. The van der Waals surface area contributed by atoms with Crippen molar-refractivity contribution in [3.63, 3.8) is 0 Å². The third kappa shape index (κ3) is 3.64. The summed E-state index contributed by atoms with van der Waals surface area (Å²) in [6.45, 7) is 6.80. The molecule has 0 aliphatic rings. The maximum absolute atomic E-state index is 11.5. The SMILES string of the molecule is CCOC(=O)C(C)Nc1nc(C)c(C(=O)O)c(C)n1. The number of aryl methyl sites for hydroxylation is 2. The molecular formula is C12H17N3O4. The fourth-order valence-corrected chi connectivity index (χ4v) is 1.61. The van der Waals surface area contributed by atoms with Crippen molar-refractivity contribution in [2.75, 3.05) is 11.9 Å². The van der Waals surface area contributed by atoms with Gasteiger partial charge in [-0.2, -0.15) is 0 Å². The summed E-state index contributed by atoms with van der Waals surface area (Å²) in [5.74, 6) is -1.27. The molecule has 0 spiro atoms. The van der Waals surface area contributed by atoms with Gasteiger partial charge in [0, 0.05) is 0 Å². The van der Waals surface area contributed by atoms with Crippen molar-refractivity contribution in [1.29, 1.82) is 0 Å². The minimum absolute atomic E-state index is 0.0781. The van der Waals surface area contributed by atoms with E-state index in [-0.39, 0.29) is 11.5 Å². The second-order valence-corrected chi connectivity index (χ2v) is 4.02. The minimum atomic E-state index is -1.07. The maximum Gasteiger partial charge on any atom is 0.339 e. The monoisotopic (exact) mass is 267 g/mol. The Morgan fingerprint density at radius 3 is 2.26 bits per heavy atom. The van der Waals surface area contributed by atoms with Crippen LogP contribution in [0.15, 0.2) is 0 Å². The molecule has 1 aromatic heterocycles. The third-order valence-electron chi connectivity index (χ3n) is 2.47. The Labute approximate surface area is 111 Å². The topological polar surface area (TPSA) is 101 Å². The second kappa shape index (κ2) is 6.12. The predicted molar refractivity (Wildman–Crippen MR) is 68.2 cm³/mol. The molecule has 0 saturated carbocycles. The summed E-state index contributed by atoms with van der Waals surface area (Å²) in [6, 6.07) is -0.602. The van der Waals surface area contributed by atoms with Crippen molar-refractivity contribution in [3.8, 4) is 0 Å². The zero-order valence-corrected chi connectivity index (χ0v) is 11.4. The third-order valence-corrected chi connectivity index (χ3v) is 2.47. The zero-order valence-electron chi connectivity index (χ0n) is 11.4. The first-order valence-corrected chi connectivity index (χ1v) is 5.88. The van der Waals surface area contributed by atoms with Crippen LogP contribution in [0, 0.1) is 13.8 Å². The van der Waals surface area contributed by atoms with Gasteiger partial charge in [0.1, 0.15) is 11.6 Å². The summed E-state index contributed by atoms with van der Waals surface area (Å²) in [7, 11) is 0.